The summed E-state index contributed by atoms with van der Waals surface area (Å²) in [4.78, 5) is 17.1. The predicted molar refractivity (Wildman–Crippen MR) is 144 cm³/mol. The number of rotatable bonds is 6. The third kappa shape index (κ3) is 3.58. The maximum atomic E-state index is 12.2. The number of aromatic nitrogens is 3. The van der Waals surface area contributed by atoms with Crippen molar-refractivity contribution in [3.05, 3.63) is 102 Å². The highest BCUT2D eigenvalue weighted by Gasteiger charge is 2.18. The zero-order chi connectivity index (χ0) is 24.6. The number of nitrogens with zero attached hydrogens (tertiary/aromatic N) is 3. The molecule has 1 N–H and O–H groups in total. The van der Waals surface area contributed by atoms with Crippen molar-refractivity contribution in [1.29, 1.82) is 0 Å². The van der Waals surface area contributed by atoms with Gasteiger partial charge in [-0.15, -0.1) is 0 Å². The highest BCUT2D eigenvalue weighted by molar-refractivity contribution is 6.09. The molecule has 3 aromatic carbocycles. The lowest BCUT2D eigenvalue weighted by molar-refractivity contribution is 0.0600. The Morgan fingerprint density at radius 3 is 2.50 bits per heavy atom. The Hall–Kier alpha value is -4.58. The minimum absolute atomic E-state index is 0.380. The van der Waals surface area contributed by atoms with Crippen LogP contribution in [0.15, 0.2) is 91.1 Å². The van der Waals surface area contributed by atoms with E-state index in [1.165, 1.54) is 34.5 Å². The molecule has 0 unspecified atom stereocenters. The molecule has 6 heteroatoms. The molecule has 0 aliphatic carbocycles. The minimum atomic E-state index is -0.380. The number of aryl methyl sites for hydroxylation is 1. The number of carbonyl (C=O) groups is 1. The molecule has 0 aliphatic heterocycles. The van der Waals surface area contributed by atoms with Crippen LogP contribution in [0.1, 0.15) is 22.8 Å². The molecule has 6 aromatic rings. The van der Waals surface area contributed by atoms with Crippen molar-refractivity contribution in [2.24, 2.45) is 0 Å². The molecule has 0 aliphatic rings. The largest absolute Gasteiger partial charge is 0.465 e. The zero-order valence-corrected chi connectivity index (χ0v) is 20.2. The first-order valence-electron chi connectivity index (χ1n) is 12.1. The van der Waals surface area contributed by atoms with Crippen LogP contribution in [0.25, 0.3) is 38.7 Å². The van der Waals surface area contributed by atoms with Crippen LogP contribution < -0.4 is 5.32 Å². The fourth-order valence-electron chi connectivity index (χ4n) is 4.98. The summed E-state index contributed by atoms with van der Waals surface area (Å²) in [6.45, 7) is 3.72. The van der Waals surface area contributed by atoms with Gasteiger partial charge in [0.1, 0.15) is 17.2 Å². The van der Waals surface area contributed by atoms with Gasteiger partial charge < -0.3 is 14.6 Å². The van der Waals surface area contributed by atoms with Gasteiger partial charge in [0, 0.05) is 46.7 Å². The van der Waals surface area contributed by atoms with E-state index < -0.39 is 0 Å². The minimum Gasteiger partial charge on any atom is -0.465 e. The number of fused-ring (bicyclic) bond motifs is 4. The molecule has 0 spiro atoms. The van der Waals surface area contributed by atoms with E-state index in [-0.39, 0.29) is 5.97 Å². The fourth-order valence-corrected chi connectivity index (χ4v) is 4.98. The Morgan fingerprint density at radius 2 is 1.69 bits per heavy atom. The molecule has 178 valence electrons. The second kappa shape index (κ2) is 8.89. The molecule has 0 bridgehead atoms. The molecule has 0 atom stereocenters. The number of para-hydroxylation sites is 1. The van der Waals surface area contributed by atoms with Crippen LogP contribution in [-0.4, -0.2) is 27.0 Å². The average Bonchev–Trinajstić information content (AvgIpc) is 3.46. The summed E-state index contributed by atoms with van der Waals surface area (Å²) >= 11 is 0. The highest BCUT2D eigenvalue weighted by Crippen LogP contribution is 2.35. The van der Waals surface area contributed by atoms with Crippen molar-refractivity contribution in [3.8, 4) is 11.3 Å². The summed E-state index contributed by atoms with van der Waals surface area (Å²) in [5.41, 5.74) is 6.61. The second-order valence-electron chi connectivity index (χ2n) is 8.78. The van der Waals surface area contributed by atoms with Gasteiger partial charge in [-0.05, 0) is 42.8 Å². The lowest BCUT2D eigenvalue weighted by Gasteiger charge is -2.10. The fraction of sp³-hybridized carbons (Fsp3) is 0.133. The van der Waals surface area contributed by atoms with Gasteiger partial charge in [0.2, 0.25) is 0 Å². The number of hydrogen-bond acceptors (Lipinski definition) is 4. The quantitative estimate of drug-likeness (QED) is 0.279. The second-order valence-corrected chi connectivity index (χ2v) is 8.78. The summed E-state index contributed by atoms with van der Waals surface area (Å²) in [5, 5.41) is 6.02. The first kappa shape index (κ1) is 21.9. The van der Waals surface area contributed by atoms with Gasteiger partial charge in [0.15, 0.2) is 0 Å². The van der Waals surface area contributed by atoms with Gasteiger partial charge in [-0.3, -0.25) is 4.40 Å². The standard InChI is InChI=1S/C30H26N4O2/c1-3-33-25-12-8-7-11-23(25)24-17-21(13-14-26(24)33)28-29(31-19-20-9-5-4-6-10-20)34-16-15-22(30(35)36-2)18-27(34)32-28/h4-18,31H,3,19H2,1-2H3. The molecule has 0 amide bonds. The normalized spacial score (nSPS) is 11.4. The Kier molecular flexibility index (Phi) is 5.41. The van der Waals surface area contributed by atoms with Gasteiger partial charge in [0.25, 0.3) is 0 Å². The number of hydrogen-bond donors (Lipinski definition) is 1. The molecule has 0 saturated carbocycles. The average molecular weight is 475 g/mol. The molecule has 6 rings (SSSR count). The number of esters is 1. The topological polar surface area (TPSA) is 60.6 Å². The van der Waals surface area contributed by atoms with Crippen molar-refractivity contribution in [2.45, 2.75) is 20.0 Å². The summed E-state index contributed by atoms with van der Waals surface area (Å²) in [7, 11) is 1.39. The van der Waals surface area contributed by atoms with Crippen LogP contribution in [0.2, 0.25) is 0 Å². The Bertz CT molecular complexity index is 1730. The van der Waals surface area contributed by atoms with Gasteiger partial charge in [-0.25, -0.2) is 9.78 Å². The molecular formula is C30H26N4O2. The zero-order valence-electron chi connectivity index (χ0n) is 20.2. The van der Waals surface area contributed by atoms with E-state index in [2.05, 4.69) is 71.4 Å². The van der Waals surface area contributed by atoms with Crippen LogP contribution in [-0.2, 0) is 17.8 Å². The number of benzene rings is 3. The van der Waals surface area contributed by atoms with E-state index in [0.717, 1.165) is 23.6 Å². The number of pyridine rings is 1. The van der Waals surface area contributed by atoms with Gasteiger partial charge in [-0.2, -0.15) is 0 Å². The van der Waals surface area contributed by atoms with E-state index in [9.17, 15) is 4.79 Å². The first-order valence-corrected chi connectivity index (χ1v) is 12.1. The first-order chi connectivity index (χ1) is 17.7. The smallest absolute Gasteiger partial charge is 0.338 e. The van der Waals surface area contributed by atoms with Crippen LogP contribution in [0.5, 0.6) is 0 Å². The van der Waals surface area contributed by atoms with Crippen LogP contribution in [0, 0.1) is 0 Å². The molecule has 3 heterocycles. The predicted octanol–water partition coefficient (Wildman–Crippen LogP) is 6.53. The number of anilines is 1. The molecule has 36 heavy (non-hydrogen) atoms. The van der Waals surface area contributed by atoms with Gasteiger partial charge in [-0.1, -0.05) is 54.6 Å². The number of methoxy groups -OCH3 is 1. The summed E-state index contributed by atoms with van der Waals surface area (Å²) in [6, 6.07) is 28.8. The molecule has 0 radical (unpaired) electrons. The lowest BCUT2D eigenvalue weighted by atomic mass is 10.1. The Balaban J connectivity index is 1.53. The van der Waals surface area contributed by atoms with E-state index in [1.54, 1.807) is 12.1 Å². The Labute approximate surface area is 208 Å². The summed E-state index contributed by atoms with van der Waals surface area (Å²) in [5.74, 6) is 0.499. The Morgan fingerprint density at radius 1 is 0.917 bits per heavy atom. The molecule has 6 nitrogen and oxygen atoms in total. The number of ether oxygens (including phenoxy) is 1. The molecular weight excluding hydrogens is 448 g/mol. The third-order valence-corrected chi connectivity index (χ3v) is 6.71. The van der Waals surface area contributed by atoms with E-state index in [1.807, 2.05) is 28.8 Å². The van der Waals surface area contributed by atoms with Gasteiger partial charge in [0.05, 0.1) is 12.7 Å². The van der Waals surface area contributed by atoms with Crippen LogP contribution in [0.4, 0.5) is 5.82 Å². The molecule has 3 aromatic heterocycles. The van der Waals surface area contributed by atoms with Crippen molar-refractivity contribution in [1.82, 2.24) is 14.0 Å². The summed E-state index contributed by atoms with van der Waals surface area (Å²) in [6.07, 6.45) is 1.87. The lowest BCUT2D eigenvalue weighted by Crippen LogP contribution is -2.05. The molecule has 0 fully saturated rings. The SMILES string of the molecule is CCn1c2ccccc2c2cc(-c3nc4cc(C(=O)OC)ccn4c3NCc3ccccc3)ccc21. The maximum absolute atomic E-state index is 12.2. The third-order valence-electron chi connectivity index (χ3n) is 6.71. The van der Waals surface area contributed by atoms with E-state index in [4.69, 9.17) is 9.72 Å². The molecule has 0 saturated heterocycles. The summed E-state index contributed by atoms with van der Waals surface area (Å²) < 4.78 is 9.25. The van der Waals surface area contributed by atoms with Crippen molar-refractivity contribution in [2.75, 3.05) is 12.4 Å². The van der Waals surface area contributed by atoms with Gasteiger partial charge >= 0.3 is 5.97 Å². The van der Waals surface area contributed by atoms with Crippen LogP contribution in [0.3, 0.4) is 0 Å². The van der Waals surface area contributed by atoms with Crippen molar-refractivity contribution in [3.63, 3.8) is 0 Å². The number of carbonyl (C=O) groups excluding carboxylic acids is 1. The number of imidazole rings is 1. The van der Waals surface area contributed by atoms with Crippen molar-refractivity contribution < 1.29 is 9.53 Å². The van der Waals surface area contributed by atoms with Crippen molar-refractivity contribution >= 4 is 39.2 Å². The van der Waals surface area contributed by atoms with E-state index in [0.29, 0.717) is 17.8 Å². The highest BCUT2D eigenvalue weighted by atomic mass is 16.5. The van der Waals surface area contributed by atoms with E-state index >= 15 is 0 Å². The maximum Gasteiger partial charge on any atom is 0.338 e. The van der Waals surface area contributed by atoms with Crippen LogP contribution >= 0.6 is 0 Å². The monoisotopic (exact) mass is 474 g/mol. The number of nitrogens with one attached hydrogen (secondary N) is 1.